The molecule has 1 aromatic carbocycles. The monoisotopic (exact) mass is 249 g/mol. The fourth-order valence-electron chi connectivity index (χ4n) is 1.97. The van der Waals surface area contributed by atoms with Gasteiger partial charge in [0.15, 0.2) is 0 Å². The van der Waals surface area contributed by atoms with Crippen molar-refractivity contribution in [2.45, 2.75) is 52.1 Å². The fraction of sp³-hybridized carbons (Fsp3) is 0.625. The van der Waals surface area contributed by atoms with Gasteiger partial charge in [0.2, 0.25) is 0 Å². The Hall–Kier alpha value is -0.860. The molecule has 0 heterocycles. The quantitative estimate of drug-likeness (QED) is 0.642. The maximum absolute atomic E-state index is 5.68. The van der Waals surface area contributed by atoms with E-state index in [0.717, 1.165) is 19.6 Å². The zero-order valence-electron chi connectivity index (χ0n) is 11.7. The first-order chi connectivity index (χ1) is 8.86. The number of nitrogens with two attached hydrogens (primary N) is 1. The van der Waals surface area contributed by atoms with Crippen LogP contribution in [0.4, 0.5) is 0 Å². The molecule has 0 aliphatic heterocycles. The minimum absolute atomic E-state index is 0.716. The Morgan fingerprint density at radius 1 is 0.944 bits per heavy atom. The van der Waals surface area contributed by atoms with Gasteiger partial charge in [0.25, 0.3) is 0 Å². The number of unbranched alkanes of at least 4 members (excludes halogenated alkanes) is 4. The van der Waals surface area contributed by atoms with Crippen LogP contribution in [-0.4, -0.2) is 13.2 Å². The second kappa shape index (κ2) is 10.1. The van der Waals surface area contributed by atoms with Crippen molar-refractivity contribution in [3.8, 4) is 0 Å². The first-order valence-corrected chi connectivity index (χ1v) is 7.22. The summed E-state index contributed by atoms with van der Waals surface area (Å²) >= 11 is 0. The first kappa shape index (κ1) is 15.2. The average molecular weight is 249 g/mol. The molecular formula is C16H27NO. The molecule has 0 aliphatic carbocycles. The Bertz CT molecular complexity index is 294. The molecule has 0 atom stereocenters. The smallest absolute Gasteiger partial charge is 0.0716 e. The number of rotatable bonds is 10. The van der Waals surface area contributed by atoms with Crippen LogP contribution in [0.2, 0.25) is 0 Å². The zero-order chi connectivity index (χ0) is 13.1. The highest BCUT2D eigenvalue weighted by molar-refractivity contribution is 5.22. The van der Waals surface area contributed by atoms with E-state index in [2.05, 4.69) is 31.2 Å². The van der Waals surface area contributed by atoms with Crippen LogP contribution in [0.15, 0.2) is 24.3 Å². The third-order valence-electron chi connectivity index (χ3n) is 3.12. The topological polar surface area (TPSA) is 35.2 Å². The standard InChI is InChI=1S/C16H27NO/c1-2-3-4-5-6-13-18-14-16-9-7-15(8-10-16)11-12-17/h7-10H,2-6,11-14,17H2,1H3. The molecule has 0 radical (unpaired) electrons. The van der Waals surface area contributed by atoms with Crippen LogP contribution in [-0.2, 0) is 17.8 Å². The molecule has 1 rings (SSSR count). The van der Waals surface area contributed by atoms with Crippen LogP contribution < -0.4 is 5.73 Å². The molecule has 2 nitrogen and oxygen atoms in total. The lowest BCUT2D eigenvalue weighted by molar-refractivity contribution is 0.116. The van der Waals surface area contributed by atoms with Crippen molar-refractivity contribution in [3.05, 3.63) is 35.4 Å². The normalized spacial score (nSPS) is 10.8. The number of benzene rings is 1. The van der Waals surface area contributed by atoms with Crippen molar-refractivity contribution in [1.82, 2.24) is 0 Å². The molecule has 102 valence electrons. The van der Waals surface area contributed by atoms with E-state index in [1.54, 1.807) is 0 Å². The third kappa shape index (κ3) is 6.77. The van der Waals surface area contributed by atoms with Gasteiger partial charge in [-0.15, -0.1) is 0 Å². The molecule has 0 fully saturated rings. The van der Waals surface area contributed by atoms with Gasteiger partial charge in [0.1, 0.15) is 0 Å². The molecule has 0 bridgehead atoms. The summed E-state index contributed by atoms with van der Waals surface area (Å²) in [5, 5.41) is 0. The lowest BCUT2D eigenvalue weighted by atomic mass is 10.1. The second-order valence-electron chi connectivity index (χ2n) is 4.82. The Morgan fingerprint density at radius 2 is 1.61 bits per heavy atom. The minimum atomic E-state index is 0.716. The van der Waals surface area contributed by atoms with E-state index < -0.39 is 0 Å². The highest BCUT2D eigenvalue weighted by Crippen LogP contribution is 2.07. The summed E-state index contributed by atoms with van der Waals surface area (Å²) in [5.74, 6) is 0. The van der Waals surface area contributed by atoms with E-state index in [4.69, 9.17) is 10.5 Å². The van der Waals surface area contributed by atoms with Crippen molar-refractivity contribution in [2.75, 3.05) is 13.2 Å². The molecule has 0 aromatic heterocycles. The van der Waals surface area contributed by atoms with Crippen molar-refractivity contribution in [2.24, 2.45) is 5.73 Å². The summed E-state index contributed by atoms with van der Waals surface area (Å²) in [6.45, 7) is 4.57. The van der Waals surface area contributed by atoms with Crippen LogP contribution in [0.25, 0.3) is 0 Å². The molecule has 0 spiro atoms. The van der Waals surface area contributed by atoms with Gasteiger partial charge in [-0.05, 0) is 30.5 Å². The first-order valence-electron chi connectivity index (χ1n) is 7.22. The number of hydrogen-bond acceptors (Lipinski definition) is 2. The molecule has 2 heteroatoms. The SMILES string of the molecule is CCCCCCCOCc1ccc(CCN)cc1. The summed E-state index contributed by atoms with van der Waals surface area (Å²) in [7, 11) is 0. The second-order valence-corrected chi connectivity index (χ2v) is 4.82. The number of hydrogen-bond donors (Lipinski definition) is 1. The lowest BCUT2D eigenvalue weighted by Gasteiger charge is -2.05. The highest BCUT2D eigenvalue weighted by Gasteiger charge is 1.95. The van der Waals surface area contributed by atoms with Crippen molar-refractivity contribution in [1.29, 1.82) is 0 Å². The molecule has 0 unspecified atom stereocenters. The van der Waals surface area contributed by atoms with Crippen LogP contribution in [0.5, 0.6) is 0 Å². The van der Waals surface area contributed by atoms with E-state index in [9.17, 15) is 0 Å². The van der Waals surface area contributed by atoms with Crippen LogP contribution >= 0.6 is 0 Å². The largest absolute Gasteiger partial charge is 0.377 e. The van der Waals surface area contributed by atoms with Gasteiger partial charge >= 0.3 is 0 Å². The molecule has 0 aliphatic rings. The fourth-order valence-corrected chi connectivity index (χ4v) is 1.97. The molecule has 0 saturated heterocycles. The van der Waals surface area contributed by atoms with Gasteiger partial charge in [-0.2, -0.15) is 0 Å². The van der Waals surface area contributed by atoms with E-state index in [1.165, 1.54) is 43.2 Å². The summed E-state index contributed by atoms with van der Waals surface area (Å²) in [5.41, 5.74) is 8.08. The van der Waals surface area contributed by atoms with Gasteiger partial charge in [0.05, 0.1) is 6.61 Å². The Kier molecular flexibility index (Phi) is 8.53. The number of ether oxygens (including phenoxy) is 1. The van der Waals surface area contributed by atoms with E-state index in [-0.39, 0.29) is 0 Å². The van der Waals surface area contributed by atoms with Gasteiger partial charge in [-0.25, -0.2) is 0 Å². The summed E-state index contributed by atoms with van der Waals surface area (Å²) < 4.78 is 5.68. The Balaban J connectivity index is 2.08. The van der Waals surface area contributed by atoms with Gasteiger partial charge in [-0.3, -0.25) is 0 Å². The zero-order valence-corrected chi connectivity index (χ0v) is 11.7. The molecule has 2 N–H and O–H groups in total. The Labute approximate surface area is 112 Å². The highest BCUT2D eigenvalue weighted by atomic mass is 16.5. The Morgan fingerprint density at radius 3 is 2.28 bits per heavy atom. The van der Waals surface area contributed by atoms with Crippen molar-refractivity contribution >= 4 is 0 Å². The summed E-state index contributed by atoms with van der Waals surface area (Å²) in [6.07, 6.45) is 7.43. The maximum atomic E-state index is 5.68. The van der Waals surface area contributed by atoms with Crippen LogP contribution in [0.1, 0.15) is 50.2 Å². The van der Waals surface area contributed by atoms with E-state index in [0.29, 0.717) is 6.54 Å². The van der Waals surface area contributed by atoms with Crippen LogP contribution in [0.3, 0.4) is 0 Å². The summed E-state index contributed by atoms with van der Waals surface area (Å²) in [4.78, 5) is 0. The van der Waals surface area contributed by atoms with Gasteiger partial charge in [0, 0.05) is 6.61 Å². The van der Waals surface area contributed by atoms with E-state index >= 15 is 0 Å². The molecule has 18 heavy (non-hydrogen) atoms. The van der Waals surface area contributed by atoms with Crippen LogP contribution in [0, 0.1) is 0 Å². The molecular weight excluding hydrogens is 222 g/mol. The lowest BCUT2D eigenvalue weighted by Crippen LogP contribution is -2.02. The van der Waals surface area contributed by atoms with E-state index in [1.807, 2.05) is 0 Å². The predicted molar refractivity (Wildman–Crippen MR) is 77.6 cm³/mol. The third-order valence-corrected chi connectivity index (χ3v) is 3.12. The van der Waals surface area contributed by atoms with Crippen molar-refractivity contribution < 1.29 is 4.74 Å². The van der Waals surface area contributed by atoms with Gasteiger partial charge in [-0.1, -0.05) is 56.9 Å². The molecule has 0 amide bonds. The molecule has 1 aromatic rings. The van der Waals surface area contributed by atoms with Crippen molar-refractivity contribution in [3.63, 3.8) is 0 Å². The predicted octanol–water partition coefficient (Wildman–Crippen LogP) is 3.67. The van der Waals surface area contributed by atoms with Gasteiger partial charge < -0.3 is 10.5 Å². The average Bonchev–Trinajstić information content (AvgIpc) is 2.40. The maximum Gasteiger partial charge on any atom is 0.0716 e. The summed E-state index contributed by atoms with van der Waals surface area (Å²) in [6, 6.07) is 8.57. The minimum Gasteiger partial charge on any atom is -0.377 e. The molecule has 0 saturated carbocycles.